The molecule has 0 spiro atoms. The van der Waals surface area contributed by atoms with Gasteiger partial charge < -0.3 is 9.84 Å². The van der Waals surface area contributed by atoms with Crippen molar-refractivity contribution in [2.75, 3.05) is 13.2 Å². The molecule has 0 bridgehead atoms. The summed E-state index contributed by atoms with van der Waals surface area (Å²) < 4.78 is 5.61. The van der Waals surface area contributed by atoms with E-state index < -0.39 is 0 Å². The number of hydrogen-bond acceptors (Lipinski definition) is 2. The van der Waals surface area contributed by atoms with Crippen LogP contribution in [0.15, 0.2) is 6.07 Å². The van der Waals surface area contributed by atoms with Crippen molar-refractivity contribution < 1.29 is 9.84 Å². The molecule has 3 heteroatoms. The quantitative estimate of drug-likeness (QED) is 0.861. The van der Waals surface area contributed by atoms with E-state index in [9.17, 15) is 5.11 Å². The molecule has 2 nitrogen and oxygen atoms in total. The molecule has 1 aliphatic heterocycles. The summed E-state index contributed by atoms with van der Waals surface area (Å²) in [6, 6.07) is 1.93. The Morgan fingerprint density at radius 3 is 3.00 bits per heavy atom. The highest BCUT2D eigenvalue weighted by Crippen LogP contribution is 2.38. The second-order valence-electron chi connectivity index (χ2n) is 4.42. The Morgan fingerprint density at radius 2 is 2.31 bits per heavy atom. The van der Waals surface area contributed by atoms with Crippen LogP contribution in [0.3, 0.4) is 0 Å². The Kier molecular flexibility index (Phi) is 3.41. The number of benzene rings is 1. The molecule has 0 aliphatic carbocycles. The molecule has 1 atom stereocenters. The van der Waals surface area contributed by atoms with E-state index in [-0.39, 0.29) is 12.5 Å². The van der Waals surface area contributed by atoms with E-state index in [4.69, 9.17) is 16.3 Å². The molecule has 1 aromatic rings. The van der Waals surface area contributed by atoms with Crippen molar-refractivity contribution in [3.8, 4) is 5.75 Å². The third-order valence-corrected chi connectivity index (χ3v) is 3.56. The van der Waals surface area contributed by atoms with Gasteiger partial charge in [0.25, 0.3) is 0 Å². The highest BCUT2D eigenvalue weighted by molar-refractivity contribution is 6.32. The minimum Gasteiger partial charge on any atom is -0.492 e. The average molecular weight is 241 g/mol. The molecule has 0 saturated heterocycles. The van der Waals surface area contributed by atoms with Crippen LogP contribution in [0.2, 0.25) is 5.02 Å². The first-order valence-corrected chi connectivity index (χ1v) is 6.08. The molecular weight excluding hydrogens is 224 g/mol. The van der Waals surface area contributed by atoms with Crippen molar-refractivity contribution in [1.29, 1.82) is 0 Å². The number of aliphatic hydroxyl groups excluding tert-OH is 1. The minimum atomic E-state index is 0.129. The van der Waals surface area contributed by atoms with Gasteiger partial charge in [-0.05, 0) is 42.5 Å². The van der Waals surface area contributed by atoms with Crippen molar-refractivity contribution >= 4 is 11.6 Å². The highest BCUT2D eigenvalue weighted by Gasteiger charge is 2.20. The van der Waals surface area contributed by atoms with Crippen LogP contribution in [0.4, 0.5) is 0 Å². The summed E-state index contributed by atoms with van der Waals surface area (Å²) in [5, 5.41) is 9.91. The minimum absolute atomic E-state index is 0.129. The van der Waals surface area contributed by atoms with Gasteiger partial charge in [-0.1, -0.05) is 18.5 Å². The van der Waals surface area contributed by atoms with Crippen LogP contribution in [0.25, 0.3) is 0 Å². The van der Waals surface area contributed by atoms with E-state index in [2.05, 4.69) is 6.92 Å². The molecule has 0 amide bonds. The number of hydrogen-bond donors (Lipinski definition) is 1. The van der Waals surface area contributed by atoms with Crippen LogP contribution < -0.4 is 4.74 Å². The predicted octanol–water partition coefficient (Wildman–Crippen LogP) is 3.07. The van der Waals surface area contributed by atoms with Crippen LogP contribution in [0.5, 0.6) is 5.75 Å². The van der Waals surface area contributed by atoms with Gasteiger partial charge in [0.2, 0.25) is 0 Å². The van der Waals surface area contributed by atoms with Crippen molar-refractivity contribution in [1.82, 2.24) is 0 Å². The van der Waals surface area contributed by atoms with Crippen LogP contribution in [-0.2, 0) is 6.42 Å². The lowest BCUT2D eigenvalue weighted by Gasteiger charge is -2.24. The fourth-order valence-corrected chi connectivity index (χ4v) is 2.58. The summed E-state index contributed by atoms with van der Waals surface area (Å²) in [7, 11) is 0. The first-order chi connectivity index (χ1) is 7.65. The topological polar surface area (TPSA) is 29.5 Å². The van der Waals surface area contributed by atoms with Crippen molar-refractivity contribution in [2.45, 2.75) is 32.6 Å². The maximum Gasteiger partial charge on any atom is 0.141 e. The maximum absolute atomic E-state index is 9.23. The van der Waals surface area contributed by atoms with E-state index in [0.29, 0.717) is 5.02 Å². The van der Waals surface area contributed by atoms with Gasteiger partial charge in [0.1, 0.15) is 5.75 Å². The Morgan fingerprint density at radius 1 is 1.56 bits per heavy atom. The molecule has 1 unspecified atom stereocenters. The smallest absolute Gasteiger partial charge is 0.141 e. The zero-order valence-electron chi connectivity index (χ0n) is 9.72. The average Bonchev–Trinajstić information content (AvgIpc) is 2.33. The molecule has 16 heavy (non-hydrogen) atoms. The second kappa shape index (κ2) is 4.64. The molecule has 0 aromatic heterocycles. The summed E-state index contributed by atoms with van der Waals surface area (Å²) in [5.41, 5.74) is 3.58. The summed E-state index contributed by atoms with van der Waals surface area (Å²) in [6.45, 7) is 5.00. The Hall–Kier alpha value is -0.730. The maximum atomic E-state index is 9.23. The van der Waals surface area contributed by atoms with Gasteiger partial charge >= 0.3 is 0 Å². The van der Waals surface area contributed by atoms with E-state index in [1.54, 1.807) is 0 Å². The number of fused-ring (bicyclic) bond motifs is 1. The molecule has 0 radical (unpaired) electrons. The largest absolute Gasteiger partial charge is 0.492 e. The molecule has 0 saturated carbocycles. The summed E-state index contributed by atoms with van der Waals surface area (Å²) in [4.78, 5) is 0. The number of rotatable bonds is 2. The number of aliphatic hydroxyl groups is 1. The van der Waals surface area contributed by atoms with Crippen LogP contribution in [0.1, 0.15) is 36.0 Å². The second-order valence-corrected chi connectivity index (χ2v) is 4.82. The molecule has 1 heterocycles. The van der Waals surface area contributed by atoms with E-state index >= 15 is 0 Å². The highest BCUT2D eigenvalue weighted by atomic mass is 35.5. The number of ether oxygens (including phenoxy) is 1. The van der Waals surface area contributed by atoms with E-state index in [1.807, 2.05) is 13.0 Å². The molecule has 0 fully saturated rings. The Balaban J connectivity index is 2.53. The van der Waals surface area contributed by atoms with Crippen LogP contribution in [0, 0.1) is 6.92 Å². The SMILES string of the molecule is Cc1c(C(C)CO)cc(Cl)c2c1CCCO2. The van der Waals surface area contributed by atoms with E-state index in [0.717, 1.165) is 30.8 Å². The lowest BCUT2D eigenvalue weighted by Crippen LogP contribution is -2.13. The Bertz CT molecular complexity index is 401. The molecule has 1 aromatic carbocycles. The third-order valence-electron chi connectivity index (χ3n) is 3.28. The van der Waals surface area contributed by atoms with Gasteiger partial charge in [-0.3, -0.25) is 0 Å². The molecule has 1 aliphatic rings. The van der Waals surface area contributed by atoms with Crippen LogP contribution in [-0.4, -0.2) is 18.3 Å². The van der Waals surface area contributed by atoms with Crippen molar-refractivity contribution in [3.05, 3.63) is 27.8 Å². The standard InChI is InChI=1S/C13H17ClO2/c1-8(7-15)11-6-12(14)13-10(9(11)2)4-3-5-16-13/h6,8,15H,3-5,7H2,1-2H3. The zero-order valence-corrected chi connectivity index (χ0v) is 10.5. The normalized spacial score (nSPS) is 16.5. The fourth-order valence-electron chi connectivity index (χ4n) is 2.29. The predicted molar refractivity (Wildman–Crippen MR) is 65.5 cm³/mol. The van der Waals surface area contributed by atoms with Gasteiger partial charge in [0.05, 0.1) is 11.6 Å². The Labute approximate surface area is 101 Å². The van der Waals surface area contributed by atoms with Crippen molar-refractivity contribution in [2.24, 2.45) is 0 Å². The summed E-state index contributed by atoms with van der Waals surface area (Å²) in [6.07, 6.45) is 2.06. The van der Waals surface area contributed by atoms with Crippen molar-refractivity contribution in [3.63, 3.8) is 0 Å². The number of halogens is 1. The first kappa shape index (κ1) is 11.7. The molecule has 1 N–H and O–H groups in total. The molecule has 2 rings (SSSR count). The van der Waals surface area contributed by atoms with Crippen LogP contribution >= 0.6 is 11.6 Å². The van der Waals surface area contributed by atoms with Gasteiger partial charge in [-0.15, -0.1) is 0 Å². The van der Waals surface area contributed by atoms with E-state index in [1.165, 1.54) is 11.1 Å². The summed E-state index contributed by atoms with van der Waals surface area (Å²) in [5.74, 6) is 0.976. The third kappa shape index (κ3) is 1.92. The fraction of sp³-hybridized carbons (Fsp3) is 0.538. The van der Waals surface area contributed by atoms with Gasteiger partial charge in [0, 0.05) is 12.5 Å². The summed E-state index contributed by atoms with van der Waals surface area (Å²) >= 11 is 6.21. The monoisotopic (exact) mass is 240 g/mol. The molecular formula is C13H17ClO2. The van der Waals surface area contributed by atoms with Gasteiger partial charge in [-0.2, -0.15) is 0 Å². The van der Waals surface area contributed by atoms with Gasteiger partial charge in [0.15, 0.2) is 0 Å². The molecule has 88 valence electrons. The lowest BCUT2D eigenvalue weighted by atomic mass is 9.90. The van der Waals surface area contributed by atoms with Gasteiger partial charge in [-0.25, -0.2) is 0 Å². The zero-order chi connectivity index (χ0) is 11.7. The lowest BCUT2D eigenvalue weighted by molar-refractivity contribution is 0.271. The first-order valence-electron chi connectivity index (χ1n) is 5.70.